The largest absolute Gasteiger partial charge is 0.382 e. The van der Waals surface area contributed by atoms with Crippen molar-refractivity contribution in [3.05, 3.63) is 45.9 Å². The van der Waals surface area contributed by atoms with E-state index < -0.39 is 0 Å². The van der Waals surface area contributed by atoms with E-state index in [1.807, 2.05) is 11.6 Å². The van der Waals surface area contributed by atoms with Gasteiger partial charge in [-0.3, -0.25) is 4.90 Å². The highest BCUT2D eigenvalue weighted by atomic mass is 32.1. The Labute approximate surface area is 164 Å². The van der Waals surface area contributed by atoms with Crippen molar-refractivity contribution in [2.24, 2.45) is 0 Å². The topological polar surface area (TPSA) is 42.3 Å². The van der Waals surface area contributed by atoms with Crippen LogP contribution in [0.25, 0.3) is 5.57 Å². The number of hydrogen-bond donors (Lipinski definition) is 1. The van der Waals surface area contributed by atoms with Crippen molar-refractivity contribution >= 4 is 34.3 Å². The molecule has 0 saturated heterocycles. The van der Waals surface area contributed by atoms with Gasteiger partial charge in [-0.2, -0.15) is 0 Å². The minimum atomic E-state index is 0.745. The van der Waals surface area contributed by atoms with Crippen LogP contribution in [0.2, 0.25) is 0 Å². The second-order valence-corrected chi connectivity index (χ2v) is 7.84. The van der Waals surface area contributed by atoms with Gasteiger partial charge in [0.05, 0.1) is 6.67 Å². The lowest BCUT2D eigenvalue weighted by molar-refractivity contribution is 0.147. The summed E-state index contributed by atoms with van der Waals surface area (Å²) in [7, 11) is 0. The summed E-state index contributed by atoms with van der Waals surface area (Å²) in [6.45, 7) is 7.12. The van der Waals surface area contributed by atoms with Gasteiger partial charge >= 0.3 is 0 Å². The number of ether oxygens (including phenoxy) is 1. The Hall–Kier alpha value is -1.54. The predicted molar refractivity (Wildman–Crippen MR) is 111 cm³/mol. The van der Waals surface area contributed by atoms with Gasteiger partial charge in [0.15, 0.2) is 3.95 Å². The number of aromatic nitrogens is 2. The summed E-state index contributed by atoms with van der Waals surface area (Å²) >= 11 is 7.01. The minimum Gasteiger partial charge on any atom is -0.382 e. The molecule has 0 aliphatic carbocycles. The molecule has 1 N–H and O–H groups in total. The number of anilines is 1. The molecule has 0 spiro atoms. The van der Waals surface area contributed by atoms with E-state index in [0.717, 1.165) is 61.4 Å². The van der Waals surface area contributed by atoms with E-state index in [9.17, 15) is 0 Å². The highest BCUT2D eigenvalue weighted by Crippen LogP contribution is 2.22. The maximum Gasteiger partial charge on any atom is 0.204 e. The van der Waals surface area contributed by atoms with Crippen LogP contribution in [0.4, 0.5) is 5.13 Å². The van der Waals surface area contributed by atoms with E-state index >= 15 is 0 Å². The van der Waals surface area contributed by atoms with Crippen LogP contribution >= 0.6 is 23.6 Å². The molecule has 0 radical (unpaired) electrons. The first-order valence-corrected chi connectivity index (χ1v) is 10.3. The molecule has 26 heavy (non-hydrogen) atoms. The van der Waals surface area contributed by atoms with Crippen molar-refractivity contribution in [2.45, 2.75) is 26.4 Å². The lowest BCUT2D eigenvalue weighted by Gasteiger charge is -2.26. The Bertz CT molecular complexity index is 769. The summed E-state index contributed by atoms with van der Waals surface area (Å²) in [5, 5.41) is 8.85. The van der Waals surface area contributed by atoms with Crippen LogP contribution in [0.3, 0.4) is 0 Å². The van der Waals surface area contributed by atoms with Gasteiger partial charge in [-0.25, -0.2) is 4.68 Å². The van der Waals surface area contributed by atoms with Gasteiger partial charge < -0.3 is 10.1 Å². The van der Waals surface area contributed by atoms with E-state index in [2.05, 4.69) is 51.7 Å². The SMILES string of the molecule is CCOCCCNc1nn(CN2CC=C(c3ccccc3)CC2)c(=S)s1. The molecule has 1 aliphatic rings. The average Bonchev–Trinajstić information content (AvgIpc) is 3.02. The van der Waals surface area contributed by atoms with Crippen LogP contribution in [-0.2, 0) is 11.4 Å². The van der Waals surface area contributed by atoms with E-state index in [1.165, 1.54) is 22.5 Å². The van der Waals surface area contributed by atoms with Crippen molar-refractivity contribution in [1.29, 1.82) is 0 Å². The van der Waals surface area contributed by atoms with E-state index in [-0.39, 0.29) is 0 Å². The van der Waals surface area contributed by atoms with E-state index in [0.29, 0.717) is 0 Å². The highest BCUT2D eigenvalue weighted by molar-refractivity contribution is 7.73. The number of hydrogen-bond acceptors (Lipinski definition) is 6. The number of nitrogens with zero attached hydrogens (tertiary/aromatic N) is 3. The van der Waals surface area contributed by atoms with Crippen molar-refractivity contribution in [2.75, 3.05) is 38.2 Å². The Kier molecular flexibility index (Phi) is 7.37. The summed E-state index contributed by atoms with van der Waals surface area (Å²) in [4.78, 5) is 2.38. The summed E-state index contributed by atoms with van der Waals surface area (Å²) in [5.74, 6) is 0. The Balaban J connectivity index is 1.50. The predicted octanol–water partition coefficient (Wildman–Crippen LogP) is 4.26. The molecule has 2 aromatic rings. The zero-order valence-corrected chi connectivity index (χ0v) is 16.8. The third-order valence-electron chi connectivity index (χ3n) is 4.32. The van der Waals surface area contributed by atoms with Gasteiger partial charge in [-0.1, -0.05) is 47.7 Å². The number of nitrogens with one attached hydrogen (secondary N) is 1. The zero-order chi connectivity index (χ0) is 18.2. The molecule has 1 aliphatic heterocycles. The van der Waals surface area contributed by atoms with Gasteiger partial charge in [0.25, 0.3) is 0 Å². The van der Waals surface area contributed by atoms with Gasteiger partial charge in [-0.15, -0.1) is 5.10 Å². The van der Waals surface area contributed by atoms with Crippen LogP contribution in [0.15, 0.2) is 36.4 Å². The lowest BCUT2D eigenvalue weighted by atomic mass is 10.00. The van der Waals surface area contributed by atoms with Crippen molar-refractivity contribution in [3.8, 4) is 0 Å². The molecule has 0 unspecified atom stereocenters. The first kappa shape index (κ1) is 19.2. The standard InChI is InChI=1S/C19H26N4OS2/c1-2-24-14-6-11-20-18-21-23(19(25)26-18)15-22-12-9-17(10-13-22)16-7-4-3-5-8-16/h3-5,7-9H,2,6,10-15H2,1H3,(H,20,21). The van der Waals surface area contributed by atoms with Crippen LogP contribution in [0, 0.1) is 3.95 Å². The molecule has 0 amide bonds. The van der Waals surface area contributed by atoms with E-state index in [1.54, 1.807) is 0 Å². The van der Waals surface area contributed by atoms with Gasteiger partial charge in [-0.05, 0) is 43.1 Å². The normalized spacial score (nSPS) is 15.0. The molecule has 140 valence electrons. The molecule has 1 aromatic heterocycles. The minimum absolute atomic E-state index is 0.745. The molecule has 3 rings (SSSR count). The lowest BCUT2D eigenvalue weighted by Crippen LogP contribution is -2.31. The third kappa shape index (κ3) is 5.48. The highest BCUT2D eigenvalue weighted by Gasteiger charge is 2.14. The van der Waals surface area contributed by atoms with Gasteiger partial charge in [0.1, 0.15) is 0 Å². The molecular weight excluding hydrogens is 364 g/mol. The van der Waals surface area contributed by atoms with Crippen molar-refractivity contribution in [1.82, 2.24) is 14.7 Å². The van der Waals surface area contributed by atoms with Gasteiger partial charge in [0, 0.05) is 32.8 Å². The molecule has 1 aromatic carbocycles. The maximum absolute atomic E-state index is 5.47. The molecular formula is C19H26N4OS2. The monoisotopic (exact) mass is 390 g/mol. The van der Waals surface area contributed by atoms with Crippen LogP contribution in [0.1, 0.15) is 25.3 Å². The first-order chi connectivity index (χ1) is 12.8. The van der Waals surface area contributed by atoms with Crippen LogP contribution in [-0.4, -0.2) is 47.5 Å². The van der Waals surface area contributed by atoms with Crippen LogP contribution < -0.4 is 5.32 Å². The Morgan fingerprint density at radius 1 is 1.31 bits per heavy atom. The average molecular weight is 391 g/mol. The molecule has 0 fully saturated rings. The fraction of sp³-hybridized carbons (Fsp3) is 0.474. The van der Waals surface area contributed by atoms with Gasteiger partial charge in [0.2, 0.25) is 5.13 Å². The van der Waals surface area contributed by atoms with Crippen molar-refractivity contribution in [3.63, 3.8) is 0 Å². The number of rotatable bonds is 9. The molecule has 0 atom stereocenters. The summed E-state index contributed by atoms with van der Waals surface area (Å²) in [6.07, 6.45) is 4.35. The Morgan fingerprint density at radius 2 is 2.15 bits per heavy atom. The molecule has 7 heteroatoms. The van der Waals surface area contributed by atoms with Crippen molar-refractivity contribution < 1.29 is 4.74 Å². The summed E-state index contributed by atoms with van der Waals surface area (Å²) in [6, 6.07) is 10.6. The first-order valence-electron chi connectivity index (χ1n) is 9.12. The second-order valence-electron chi connectivity index (χ2n) is 6.21. The Morgan fingerprint density at radius 3 is 2.88 bits per heavy atom. The summed E-state index contributed by atoms with van der Waals surface area (Å²) in [5.41, 5.74) is 2.76. The third-order valence-corrected chi connectivity index (χ3v) is 5.59. The summed E-state index contributed by atoms with van der Waals surface area (Å²) < 4.78 is 8.08. The fourth-order valence-corrected chi connectivity index (χ4v) is 3.94. The smallest absolute Gasteiger partial charge is 0.204 e. The fourth-order valence-electron chi connectivity index (χ4n) is 2.92. The molecule has 5 nitrogen and oxygen atoms in total. The molecule has 0 saturated carbocycles. The maximum atomic E-state index is 5.47. The van der Waals surface area contributed by atoms with E-state index in [4.69, 9.17) is 17.0 Å². The zero-order valence-electron chi connectivity index (χ0n) is 15.2. The molecule has 2 heterocycles. The number of benzene rings is 1. The quantitative estimate of drug-likeness (QED) is 0.512. The second kappa shape index (κ2) is 9.97. The molecule has 0 bridgehead atoms. The van der Waals surface area contributed by atoms with Crippen LogP contribution in [0.5, 0.6) is 0 Å².